The van der Waals surface area contributed by atoms with Gasteiger partial charge in [-0.15, -0.1) is 10.2 Å². The number of carbonyl (C=O) groups is 1. The van der Waals surface area contributed by atoms with Crippen molar-refractivity contribution >= 4 is 35.0 Å². The molecule has 172 valence electrons. The van der Waals surface area contributed by atoms with Crippen molar-refractivity contribution in [1.82, 2.24) is 14.8 Å². The molecule has 10 nitrogen and oxygen atoms in total. The molecule has 11 heteroatoms. The third kappa shape index (κ3) is 5.32. The molecule has 4 rings (SSSR count). The van der Waals surface area contributed by atoms with E-state index < -0.39 is 10.2 Å². The molecule has 0 saturated carbocycles. The zero-order valence-corrected chi connectivity index (χ0v) is 19.1. The minimum absolute atomic E-state index is 0.0811. The Labute approximate surface area is 195 Å². The van der Waals surface area contributed by atoms with Gasteiger partial charge < -0.3 is 15.0 Å². The number of carbonyl (C=O) groups excluding carboxylic acids is 1. The smallest absolute Gasteiger partial charge is 0.271 e. The van der Waals surface area contributed by atoms with Crippen LogP contribution in [-0.2, 0) is 9.53 Å². The number of aromatic nitrogens is 3. The average Bonchev–Trinajstić information content (AvgIpc) is 3.23. The maximum atomic E-state index is 12.8. The lowest BCUT2D eigenvalue weighted by molar-refractivity contribution is -0.384. The lowest BCUT2D eigenvalue weighted by atomic mass is 10.2. The number of benzene rings is 2. The van der Waals surface area contributed by atoms with Crippen molar-refractivity contribution in [2.45, 2.75) is 24.3 Å². The molecule has 1 aromatic heterocycles. The highest BCUT2D eigenvalue weighted by molar-refractivity contribution is 8.00. The predicted molar refractivity (Wildman–Crippen MR) is 126 cm³/mol. The first-order valence-electron chi connectivity index (χ1n) is 10.5. The number of rotatable bonds is 7. The summed E-state index contributed by atoms with van der Waals surface area (Å²) in [5.74, 6) is 0.421. The van der Waals surface area contributed by atoms with E-state index in [1.807, 2.05) is 35.8 Å². The van der Waals surface area contributed by atoms with Crippen molar-refractivity contribution in [3.63, 3.8) is 0 Å². The minimum Gasteiger partial charge on any atom is -0.378 e. The number of nitro groups is 1. The number of amides is 1. The molecule has 1 unspecified atom stereocenters. The summed E-state index contributed by atoms with van der Waals surface area (Å²) in [5, 5.41) is 22.6. The number of aryl methyl sites for hydroxylation is 1. The summed E-state index contributed by atoms with van der Waals surface area (Å²) in [7, 11) is 0. The Morgan fingerprint density at radius 3 is 2.67 bits per heavy atom. The summed E-state index contributed by atoms with van der Waals surface area (Å²) in [6.45, 7) is 6.43. The van der Waals surface area contributed by atoms with Crippen LogP contribution in [0.1, 0.15) is 12.5 Å². The van der Waals surface area contributed by atoms with Crippen molar-refractivity contribution in [3.8, 4) is 5.69 Å². The molecule has 1 amide bonds. The van der Waals surface area contributed by atoms with Crippen LogP contribution < -0.4 is 10.2 Å². The third-order valence-corrected chi connectivity index (χ3v) is 6.19. The minimum atomic E-state index is -0.519. The van der Waals surface area contributed by atoms with E-state index in [0.717, 1.165) is 11.3 Å². The van der Waals surface area contributed by atoms with Gasteiger partial charge >= 0.3 is 0 Å². The Balaban J connectivity index is 1.58. The highest BCUT2D eigenvalue weighted by Gasteiger charge is 2.25. The van der Waals surface area contributed by atoms with Crippen LogP contribution in [0.15, 0.2) is 53.7 Å². The van der Waals surface area contributed by atoms with Crippen molar-refractivity contribution in [3.05, 3.63) is 64.2 Å². The third-order valence-electron chi connectivity index (χ3n) is 5.15. The van der Waals surface area contributed by atoms with Crippen LogP contribution in [0.25, 0.3) is 5.69 Å². The second-order valence-corrected chi connectivity index (χ2v) is 8.92. The lowest BCUT2D eigenvalue weighted by Gasteiger charge is -2.28. The first-order chi connectivity index (χ1) is 15.9. The Bertz CT molecular complexity index is 1160. The van der Waals surface area contributed by atoms with Crippen LogP contribution in [0, 0.1) is 17.0 Å². The summed E-state index contributed by atoms with van der Waals surface area (Å²) in [4.78, 5) is 25.5. The SMILES string of the molecule is Cc1cccc(-n2c(SC(C)C(=O)Nc3cccc([N+](=O)[O-])c3)nnc2N2CCOCC2)c1. The molecule has 3 aromatic rings. The number of hydrogen-bond donors (Lipinski definition) is 1. The Morgan fingerprint density at radius 2 is 1.94 bits per heavy atom. The van der Waals surface area contributed by atoms with E-state index in [-0.39, 0.29) is 11.6 Å². The van der Waals surface area contributed by atoms with Crippen LogP contribution in [0.4, 0.5) is 17.3 Å². The predicted octanol–water partition coefficient (Wildman–Crippen LogP) is 3.44. The maximum Gasteiger partial charge on any atom is 0.271 e. The van der Waals surface area contributed by atoms with E-state index in [0.29, 0.717) is 43.1 Å². The van der Waals surface area contributed by atoms with E-state index in [1.165, 1.54) is 30.0 Å². The number of morpholine rings is 1. The van der Waals surface area contributed by atoms with E-state index in [9.17, 15) is 14.9 Å². The van der Waals surface area contributed by atoms with Gasteiger partial charge in [0.15, 0.2) is 5.16 Å². The number of nitrogens with zero attached hydrogens (tertiary/aromatic N) is 5. The molecule has 0 radical (unpaired) electrons. The number of nitrogens with one attached hydrogen (secondary N) is 1. The Morgan fingerprint density at radius 1 is 1.18 bits per heavy atom. The molecule has 2 heterocycles. The molecule has 1 aliphatic rings. The Hall–Kier alpha value is -3.44. The van der Waals surface area contributed by atoms with Gasteiger partial charge in [0.05, 0.1) is 29.1 Å². The molecule has 1 aliphatic heterocycles. The number of ether oxygens (including phenoxy) is 1. The molecular formula is C22H24N6O4S. The van der Waals surface area contributed by atoms with Crippen LogP contribution >= 0.6 is 11.8 Å². The molecular weight excluding hydrogens is 444 g/mol. The fraction of sp³-hybridized carbons (Fsp3) is 0.318. The second kappa shape index (κ2) is 10.0. The standard InChI is InChI=1S/C22H24N6O4S/c1-15-5-3-7-18(13-15)27-21(26-9-11-32-12-10-26)24-25-22(27)33-16(2)20(29)23-17-6-4-8-19(14-17)28(30)31/h3-8,13-14,16H,9-12H2,1-2H3,(H,23,29). The molecule has 2 aromatic carbocycles. The van der Waals surface area contributed by atoms with Crippen molar-refractivity contribution in [1.29, 1.82) is 0 Å². The van der Waals surface area contributed by atoms with Crippen LogP contribution in [-0.4, -0.2) is 57.1 Å². The number of thioether (sulfide) groups is 1. The second-order valence-electron chi connectivity index (χ2n) is 7.61. The monoisotopic (exact) mass is 468 g/mol. The molecule has 33 heavy (non-hydrogen) atoms. The van der Waals surface area contributed by atoms with Crippen LogP contribution in [0.2, 0.25) is 0 Å². The topological polar surface area (TPSA) is 115 Å². The van der Waals surface area contributed by atoms with E-state index in [1.54, 1.807) is 13.0 Å². The van der Waals surface area contributed by atoms with Gasteiger partial charge in [-0.1, -0.05) is 30.0 Å². The van der Waals surface area contributed by atoms with Gasteiger partial charge in [0.1, 0.15) is 0 Å². The van der Waals surface area contributed by atoms with Gasteiger partial charge in [0, 0.05) is 30.9 Å². The fourth-order valence-corrected chi connectivity index (χ4v) is 4.32. The van der Waals surface area contributed by atoms with Crippen molar-refractivity contribution < 1.29 is 14.5 Å². The largest absolute Gasteiger partial charge is 0.378 e. The van der Waals surface area contributed by atoms with Crippen LogP contribution in [0.3, 0.4) is 0 Å². The molecule has 1 atom stereocenters. The summed E-state index contributed by atoms with van der Waals surface area (Å²) >= 11 is 1.28. The fourth-order valence-electron chi connectivity index (χ4n) is 3.45. The van der Waals surface area contributed by atoms with Gasteiger partial charge in [0.2, 0.25) is 11.9 Å². The first kappa shape index (κ1) is 22.7. The van der Waals surface area contributed by atoms with Crippen molar-refractivity contribution in [2.24, 2.45) is 0 Å². The van der Waals surface area contributed by atoms with Gasteiger partial charge in [0.25, 0.3) is 5.69 Å². The molecule has 0 spiro atoms. The zero-order chi connectivity index (χ0) is 23.4. The van der Waals surface area contributed by atoms with Gasteiger partial charge in [-0.3, -0.25) is 19.5 Å². The number of hydrogen-bond acceptors (Lipinski definition) is 8. The summed E-state index contributed by atoms with van der Waals surface area (Å²) in [6, 6.07) is 13.9. The molecule has 1 N–H and O–H groups in total. The zero-order valence-electron chi connectivity index (χ0n) is 18.3. The molecule has 1 fully saturated rings. The highest BCUT2D eigenvalue weighted by Crippen LogP contribution is 2.30. The van der Waals surface area contributed by atoms with Gasteiger partial charge in [-0.2, -0.15) is 0 Å². The summed E-state index contributed by atoms with van der Waals surface area (Å²) in [5.41, 5.74) is 2.30. The summed E-state index contributed by atoms with van der Waals surface area (Å²) in [6.07, 6.45) is 0. The number of non-ortho nitro benzene ring substituents is 1. The first-order valence-corrected chi connectivity index (χ1v) is 11.4. The normalized spacial score (nSPS) is 14.7. The van der Waals surface area contributed by atoms with Gasteiger partial charge in [-0.25, -0.2) is 0 Å². The van der Waals surface area contributed by atoms with Gasteiger partial charge in [-0.05, 0) is 37.6 Å². The number of nitro benzene ring substituents is 1. The molecule has 1 saturated heterocycles. The van der Waals surface area contributed by atoms with Crippen molar-refractivity contribution in [2.75, 3.05) is 36.5 Å². The maximum absolute atomic E-state index is 12.8. The average molecular weight is 469 g/mol. The quantitative estimate of drug-likeness (QED) is 0.319. The van der Waals surface area contributed by atoms with E-state index >= 15 is 0 Å². The Kier molecular flexibility index (Phi) is 6.90. The van der Waals surface area contributed by atoms with Crippen LogP contribution in [0.5, 0.6) is 0 Å². The van der Waals surface area contributed by atoms with E-state index in [2.05, 4.69) is 20.4 Å². The summed E-state index contributed by atoms with van der Waals surface area (Å²) < 4.78 is 7.43. The number of anilines is 2. The molecule has 0 aliphatic carbocycles. The molecule has 0 bridgehead atoms. The highest BCUT2D eigenvalue weighted by atomic mass is 32.2. The lowest BCUT2D eigenvalue weighted by Crippen LogP contribution is -2.38. The van der Waals surface area contributed by atoms with E-state index in [4.69, 9.17) is 4.74 Å².